The number of amides is 1. The molecule has 0 unspecified atom stereocenters. The van der Waals surface area contributed by atoms with E-state index in [4.69, 9.17) is 0 Å². The van der Waals surface area contributed by atoms with Gasteiger partial charge in [-0.25, -0.2) is 0 Å². The molecule has 2 heterocycles. The van der Waals surface area contributed by atoms with Gasteiger partial charge in [0.25, 0.3) is 0 Å². The number of nitrogens with zero attached hydrogens (tertiary/aromatic N) is 4. The zero-order chi connectivity index (χ0) is 21.9. The SMILES string of the molecule is CN(Cc1ccc(OC(F)F)cc1)C(=O)CSc1nnc2ccc(C(F)(F)F)cn12. The Morgan fingerprint density at radius 2 is 1.87 bits per heavy atom. The van der Waals surface area contributed by atoms with E-state index in [1.165, 1.54) is 27.5 Å². The van der Waals surface area contributed by atoms with E-state index in [9.17, 15) is 26.7 Å². The molecule has 0 aliphatic carbocycles. The molecule has 0 saturated carbocycles. The van der Waals surface area contributed by atoms with Gasteiger partial charge in [0.15, 0.2) is 10.8 Å². The molecule has 6 nitrogen and oxygen atoms in total. The minimum Gasteiger partial charge on any atom is -0.435 e. The van der Waals surface area contributed by atoms with Gasteiger partial charge >= 0.3 is 12.8 Å². The zero-order valence-electron chi connectivity index (χ0n) is 15.4. The van der Waals surface area contributed by atoms with Crippen molar-refractivity contribution < 1.29 is 31.5 Å². The highest BCUT2D eigenvalue weighted by atomic mass is 32.2. The average molecular weight is 446 g/mol. The van der Waals surface area contributed by atoms with Crippen LogP contribution in [0.2, 0.25) is 0 Å². The number of hydrogen-bond donors (Lipinski definition) is 0. The molecule has 30 heavy (non-hydrogen) atoms. The maximum Gasteiger partial charge on any atom is 0.417 e. The molecule has 0 N–H and O–H groups in total. The standard InChI is InChI=1S/C18H15F5N4O2S/c1-26(8-11-2-5-13(6-3-11)29-16(19)20)15(28)10-30-17-25-24-14-7-4-12(9-27(14)17)18(21,22)23/h2-7,9,16H,8,10H2,1H3. The number of benzene rings is 1. The van der Waals surface area contributed by atoms with Crippen molar-refractivity contribution >= 4 is 23.3 Å². The molecule has 2 aromatic heterocycles. The van der Waals surface area contributed by atoms with Gasteiger partial charge in [-0.1, -0.05) is 23.9 Å². The molecule has 3 aromatic rings. The maximum atomic E-state index is 12.9. The van der Waals surface area contributed by atoms with E-state index in [-0.39, 0.29) is 34.8 Å². The first-order chi connectivity index (χ1) is 14.1. The summed E-state index contributed by atoms with van der Waals surface area (Å²) < 4.78 is 68.5. The Kier molecular flexibility index (Phi) is 6.44. The van der Waals surface area contributed by atoms with Crippen LogP contribution in [-0.2, 0) is 17.5 Å². The third-order valence-electron chi connectivity index (χ3n) is 4.02. The highest BCUT2D eigenvalue weighted by Gasteiger charge is 2.31. The van der Waals surface area contributed by atoms with Crippen LogP contribution in [0.15, 0.2) is 47.8 Å². The van der Waals surface area contributed by atoms with Crippen molar-refractivity contribution in [2.45, 2.75) is 24.5 Å². The van der Waals surface area contributed by atoms with Crippen molar-refractivity contribution in [1.29, 1.82) is 0 Å². The van der Waals surface area contributed by atoms with E-state index in [0.29, 0.717) is 5.56 Å². The van der Waals surface area contributed by atoms with Gasteiger partial charge in [0.1, 0.15) is 5.75 Å². The van der Waals surface area contributed by atoms with Crippen LogP contribution in [0.3, 0.4) is 0 Å². The van der Waals surface area contributed by atoms with E-state index in [1.54, 1.807) is 19.2 Å². The Hall–Kier alpha value is -2.89. The first-order valence-corrected chi connectivity index (χ1v) is 9.44. The lowest BCUT2D eigenvalue weighted by atomic mass is 10.2. The van der Waals surface area contributed by atoms with Crippen LogP contribution in [-0.4, -0.2) is 44.8 Å². The van der Waals surface area contributed by atoms with Crippen LogP contribution < -0.4 is 4.74 Å². The van der Waals surface area contributed by atoms with Crippen molar-refractivity contribution in [1.82, 2.24) is 19.5 Å². The fourth-order valence-electron chi connectivity index (χ4n) is 2.51. The predicted molar refractivity (Wildman–Crippen MR) is 98.3 cm³/mol. The molecule has 0 aliphatic rings. The molecule has 0 atom stereocenters. The number of halogens is 5. The largest absolute Gasteiger partial charge is 0.435 e. The van der Waals surface area contributed by atoms with Crippen LogP contribution in [0, 0.1) is 0 Å². The first kappa shape index (κ1) is 21.8. The molecule has 0 spiro atoms. The first-order valence-electron chi connectivity index (χ1n) is 8.46. The van der Waals surface area contributed by atoms with E-state index in [1.807, 2.05) is 0 Å². The Bertz CT molecular complexity index is 1020. The number of thioether (sulfide) groups is 1. The maximum absolute atomic E-state index is 12.9. The van der Waals surface area contributed by atoms with Gasteiger partial charge in [-0.3, -0.25) is 9.20 Å². The molecular weight excluding hydrogens is 431 g/mol. The highest BCUT2D eigenvalue weighted by Crippen LogP contribution is 2.30. The third-order valence-corrected chi connectivity index (χ3v) is 4.94. The molecule has 0 fully saturated rings. The normalized spacial score (nSPS) is 11.8. The lowest BCUT2D eigenvalue weighted by Gasteiger charge is -2.17. The van der Waals surface area contributed by atoms with Crippen molar-refractivity contribution in [2.24, 2.45) is 0 Å². The number of aromatic nitrogens is 3. The number of carbonyl (C=O) groups excluding carboxylic acids is 1. The average Bonchev–Trinajstić information content (AvgIpc) is 3.08. The predicted octanol–water partition coefficient (Wildman–Crippen LogP) is 4.10. The summed E-state index contributed by atoms with van der Waals surface area (Å²) in [6, 6.07) is 7.97. The van der Waals surface area contributed by atoms with Gasteiger partial charge in [0.2, 0.25) is 5.91 Å². The van der Waals surface area contributed by atoms with E-state index < -0.39 is 18.4 Å². The molecule has 160 valence electrons. The number of pyridine rings is 1. The molecule has 0 saturated heterocycles. The Morgan fingerprint density at radius 3 is 2.50 bits per heavy atom. The van der Waals surface area contributed by atoms with Crippen molar-refractivity contribution in [2.75, 3.05) is 12.8 Å². The van der Waals surface area contributed by atoms with Crippen molar-refractivity contribution in [3.63, 3.8) is 0 Å². The van der Waals surface area contributed by atoms with Crippen molar-refractivity contribution in [3.8, 4) is 5.75 Å². The minimum absolute atomic E-state index is 0.00944. The second kappa shape index (κ2) is 8.86. The highest BCUT2D eigenvalue weighted by molar-refractivity contribution is 7.99. The summed E-state index contributed by atoms with van der Waals surface area (Å²) in [6.45, 7) is -2.70. The number of hydrogen-bond acceptors (Lipinski definition) is 5. The van der Waals surface area contributed by atoms with Crippen molar-refractivity contribution in [3.05, 3.63) is 53.7 Å². The minimum atomic E-state index is -4.51. The second-order valence-electron chi connectivity index (χ2n) is 6.19. The second-order valence-corrected chi connectivity index (χ2v) is 7.13. The van der Waals surface area contributed by atoms with Gasteiger partial charge in [0.05, 0.1) is 11.3 Å². The summed E-state index contributed by atoms with van der Waals surface area (Å²) >= 11 is 0.960. The number of fused-ring (bicyclic) bond motifs is 1. The summed E-state index contributed by atoms with van der Waals surface area (Å²) in [5.74, 6) is -0.355. The van der Waals surface area contributed by atoms with Gasteiger partial charge < -0.3 is 9.64 Å². The number of carbonyl (C=O) groups is 1. The Morgan fingerprint density at radius 1 is 1.17 bits per heavy atom. The Balaban J connectivity index is 1.61. The number of rotatable bonds is 7. The van der Waals surface area contributed by atoms with Crippen LogP contribution in [0.4, 0.5) is 22.0 Å². The van der Waals surface area contributed by atoms with Crippen LogP contribution in [0.25, 0.3) is 5.65 Å². The summed E-state index contributed by atoms with van der Waals surface area (Å²) in [7, 11) is 1.55. The third kappa shape index (κ3) is 5.38. The molecule has 0 radical (unpaired) electrons. The summed E-state index contributed by atoms with van der Waals surface area (Å²) in [4.78, 5) is 13.8. The molecule has 0 bridgehead atoms. The number of ether oxygens (including phenoxy) is 1. The fraction of sp³-hybridized carbons (Fsp3) is 0.278. The smallest absolute Gasteiger partial charge is 0.417 e. The Labute approximate surface area is 171 Å². The quantitative estimate of drug-likeness (QED) is 0.404. The van der Waals surface area contributed by atoms with E-state index in [0.717, 1.165) is 24.0 Å². The molecular formula is C18H15F5N4O2S. The molecule has 1 amide bonds. The van der Waals surface area contributed by atoms with Gasteiger partial charge in [-0.2, -0.15) is 22.0 Å². The zero-order valence-corrected chi connectivity index (χ0v) is 16.3. The summed E-state index contributed by atoms with van der Waals surface area (Å²) in [6.07, 6.45) is -3.62. The lowest BCUT2D eigenvalue weighted by Crippen LogP contribution is -2.27. The molecule has 0 aliphatic heterocycles. The lowest BCUT2D eigenvalue weighted by molar-refractivity contribution is -0.138. The van der Waals surface area contributed by atoms with Crippen LogP contribution >= 0.6 is 11.8 Å². The monoisotopic (exact) mass is 446 g/mol. The summed E-state index contributed by atoms with van der Waals surface area (Å²) in [5, 5.41) is 7.78. The van der Waals surface area contributed by atoms with E-state index >= 15 is 0 Å². The summed E-state index contributed by atoms with van der Waals surface area (Å²) in [5.41, 5.74) is 0.0805. The number of alkyl halides is 5. The molecule has 1 aromatic carbocycles. The van der Waals surface area contributed by atoms with Crippen LogP contribution in [0.5, 0.6) is 5.75 Å². The van der Waals surface area contributed by atoms with E-state index in [2.05, 4.69) is 14.9 Å². The van der Waals surface area contributed by atoms with Gasteiger partial charge in [-0.05, 0) is 29.8 Å². The fourth-order valence-corrected chi connectivity index (χ4v) is 3.37. The van der Waals surface area contributed by atoms with Crippen LogP contribution in [0.1, 0.15) is 11.1 Å². The topological polar surface area (TPSA) is 59.7 Å². The van der Waals surface area contributed by atoms with Gasteiger partial charge in [0, 0.05) is 19.8 Å². The molecule has 12 heteroatoms. The molecule has 3 rings (SSSR count). The van der Waals surface area contributed by atoms with Gasteiger partial charge in [-0.15, -0.1) is 10.2 Å².